The summed E-state index contributed by atoms with van der Waals surface area (Å²) in [4.78, 5) is 6.64. The highest BCUT2D eigenvalue weighted by Gasteiger charge is 2.17. The molecule has 0 saturated carbocycles. The van der Waals surface area contributed by atoms with E-state index < -0.39 is 0 Å². The molecule has 3 heterocycles. The molecule has 1 aromatic carbocycles. The van der Waals surface area contributed by atoms with Gasteiger partial charge in [0.2, 0.25) is 0 Å². The van der Waals surface area contributed by atoms with Gasteiger partial charge in [-0.15, -0.1) is 10.2 Å². The lowest BCUT2D eigenvalue weighted by molar-refractivity contribution is 0.296. The minimum absolute atomic E-state index is 0.783. The summed E-state index contributed by atoms with van der Waals surface area (Å²) in [7, 11) is 0. The van der Waals surface area contributed by atoms with Crippen LogP contribution in [0.2, 0.25) is 0 Å². The van der Waals surface area contributed by atoms with Gasteiger partial charge < -0.3 is 5.32 Å². The molecule has 24 heavy (non-hydrogen) atoms. The fraction of sp³-hybridized carbons (Fsp3) is 0.278. The second-order valence-electron chi connectivity index (χ2n) is 6.03. The predicted molar refractivity (Wildman–Crippen MR) is 92.9 cm³/mol. The minimum atomic E-state index is 0.783. The molecule has 0 aliphatic carbocycles. The standard InChI is InChI=1S/C18H20N6/c1-14-19-9-11-24(14)18-7-6-17(21-22-18)20-8-10-23-12-15-4-2-3-5-16(15)13-23/h2-7,9,11H,8,10,12-13H2,1H3,(H,20,21). The van der Waals surface area contributed by atoms with Crippen LogP contribution in [0, 0.1) is 6.92 Å². The first-order valence-electron chi connectivity index (χ1n) is 8.17. The number of nitrogens with zero attached hydrogens (tertiary/aromatic N) is 5. The Morgan fingerprint density at radius 2 is 1.83 bits per heavy atom. The van der Waals surface area contributed by atoms with Crippen LogP contribution in [0.3, 0.4) is 0 Å². The molecule has 0 spiro atoms. The fourth-order valence-electron chi connectivity index (χ4n) is 3.07. The van der Waals surface area contributed by atoms with Crippen molar-refractivity contribution in [2.45, 2.75) is 20.0 Å². The van der Waals surface area contributed by atoms with Crippen molar-refractivity contribution < 1.29 is 0 Å². The van der Waals surface area contributed by atoms with E-state index in [0.29, 0.717) is 0 Å². The Hall–Kier alpha value is -2.73. The van der Waals surface area contributed by atoms with Crippen LogP contribution in [0.5, 0.6) is 0 Å². The molecular formula is C18H20N6. The quantitative estimate of drug-likeness (QED) is 0.782. The maximum atomic E-state index is 4.26. The zero-order valence-electron chi connectivity index (χ0n) is 13.7. The number of aryl methyl sites for hydroxylation is 1. The van der Waals surface area contributed by atoms with Crippen molar-refractivity contribution >= 4 is 5.82 Å². The first-order valence-corrected chi connectivity index (χ1v) is 8.17. The van der Waals surface area contributed by atoms with Crippen LogP contribution < -0.4 is 5.32 Å². The highest BCUT2D eigenvalue weighted by atomic mass is 15.2. The van der Waals surface area contributed by atoms with Gasteiger partial charge in [0.05, 0.1) is 0 Å². The van der Waals surface area contributed by atoms with Crippen molar-refractivity contribution in [1.82, 2.24) is 24.6 Å². The predicted octanol–water partition coefficient (Wildman–Crippen LogP) is 2.40. The second kappa shape index (κ2) is 6.41. The summed E-state index contributed by atoms with van der Waals surface area (Å²) in [6.07, 6.45) is 3.65. The van der Waals surface area contributed by atoms with Gasteiger partial charge in [-0.05, 0) is 30.2 Å². The molecule has 2 aromatic heterocycles. The van der Waals surface area contributed by atoms with Gasteiger partial charge in [-0.3, -0.25) is 9.47 Å². The molecule has 4 rings (SSSR count). The van der Waals surface area contributed by atoms with Crippen LogP contribution in [0.1, 0.15) is 17.0 Å². The van der Waals surface area contributed by atoms with Crippen LogP contribution in [0.4, 0.5) is 5.82 Å². The van der Waals surface area contributed by atoms with E-state index in [2.05, 4.69) is 49.7 Å². The van der Waals surface area contributed by atoms with E-state index in [0.717, 1.165) is 43.6 Å². The third-order valence-corrected chi connectivity index (χ3v) is 4.36. The van der Waals surface area contributed by atoms with Gasteiger partial charge in [0.1, 0.15) is 11.6 Å². The molecule has 0 amide bonds. The number of imidazole rings is 1. The molecule has 1 aliphatic heterocycles. The lowest BCUT2D eigenvalue weighted by Crippen LogP contribution is -2.24. The summed E-state index contributed by atoms with van der Waals surface area (Å²) in [5, 5.41) is 11.9. The van der Waals surface area contributed by atoms with Crippen molar-refractivity contribution in [1.29, 1.82) is 0 Å². The van der Waals surface area contributed by atoms with Gasteiger partial charge in [-0.25, -0.2) is 4.98 Å². The second-order valence-corrected chi connectivity index (χ2v) is 6.03. The van der Waals surface area contributed by atoms with Crippen molar-refractivity contribution in [3.8, 4) is 5.82 Å². The molecule has 0 atom stereocenters. The van der Waals surface area contributed by atoms with Crippen molar-refractivity contribution in [3.63, 3.8) is 0 Å². The zero-order valence-corrected chi connectivity index (χ0v) is 13.7. The van der Waals surface area contributed by atoms with E-state index in [9.17, 15) is 0 Å². The normalized spacial score (nSPS) is 13.9. The van der Waals surface area contributed by atoms with Gasteiger partial charge in [0, 0.05) is 38.6 Å². The summed E-state index contributed by atoms with van der Waals surface area (Å²) < 4.78 is 1.91. The molecule has 0 unspecified atom stereocenters. The molecule has 3 aromatic rings. The first-order chi connectivity index (χ1) is 11.8. The maximum absolute atomic E-state index is 4.26. The molecule has 1 aliphatic rings. The van der Waals surface area contributed by atoms with Crippen LogP contribution in [0.25, 0.3) is 5.82 Å². The summed E-state index contributed by atoms with van der Waals surface area (Å²) in [6, 6.07) is 12.6. The average molecular weight is 320 g/mol. The summed E-state index contributed by atoms with van der Waals surface area (Å²) in [6.45, 7) is 5.84. The fourth-order valence-corrected chi connectivity index (χ4v) is 3.07. The number of aromatic nitrogens is 4. The number of fused-ring (bicyclic) bond motifs is 1. The van der Waals surface area contributed by atoms with Crippen molar-refractivity contribution in [2.75, 3.05) is 18.4 Å². The Balaban J connectivity index is 1.30. The molecule has 6 nitrogen and oxygen atoms in total. The lowest BCUT2D eigenvalue weighted by Gasteiger charge is -2.15. The van der Waals surface area contributed by atoms with E-state index in [1.165, 1.54) is 11.1 Å². The molecule has 0 radical (unpaired) electrons. The summed E-state index contributed by atoms with van der Waals surface area (Å²) in [5.74, 6) is 2.48. The zero-order chi connectivity index (χ0) is 16.4. The van der Waals surface area contributed by atoms with Gasteiger partial charge in [-0.2, -0.15) is 0 Å². The SMILES string of the molecule is Cc1nccn1-c1ccc(NCCN2Cc3ccccc3C2)nn1. The highest BCUT2D eigenvalue weighted by Crippen LogP contribution is 2.21. The molecule has 0 fully saturated rings. The number of hydrogen-bond donors (Lipinski definition) is 1. The number of benzene rings is 1. The third kappa shape index (κ3) is 3.00. The number of nitrogens with one attached hydrogen (secondary N) is 1. The smallest absolute Gasteiger partial charge is 0.160 e. The molecule has 0 bridgehead atoms. The van der Waals surface area contributed by atoms with Crippen LogP contribution in [-0.4, -0.2) is 37.7 Å². The van der Waals surface area contributed by atoms with Crippen LogP contribution in [0.15, 0.2) is 48.8 Å². The van der Waals surface area contributed by atoms with Gasteiger partial charge in [0.25, 0.3) is 0 Å². The maximum Gasteiger partial charge on any atom is 0.160 e. The Labute approximate surface area is 141 Å². The Morgan fingerprint density at radius 1 is 1.04 bits per heavy atom. The van der Waals surface area contributed by atoms with Crippen LogP contribution >= 0.6 is 0 Å². The molecule has 0 saturated heterocycles. The molecule has 1 N–H and O–H groups in total. The van der Waals surface area contributed by atoms with E-state index in [4.69, 9.17) is 0 Å². The monoisotopic (exact) mass is 320 g/mol. The van der Waals surface area contributed by atoms with Gasteiger partial charge >= 0.3 is 0 Å². The van der Waals surface area contributed by atoms with Gasteiger partial charge in [0.15, 0.2) is 5.82 Å². The third-order valence-electron chi connectivity index (χ3n) is 4.36. The van der Waals surface area contributed by atoms with E-state index in [1.807, 2.05) is 29.8 Å². The Morgan fingerprint density at radius 3 is 2.46 bits per heavy atom. The highest BCUT2D eigenvalue weighted by molar-refractivity contribution is 5.37. The summed E-state index contributed by atoms with van der Waals surface area (Å²) in [5.41, 5.74) is 2.88. The number of hydrogen-bond acceptors (Lipinski definition) is 5. The minimum Gasteiger partial charge on any atom is -0.367 e. The van der Waals surface area contributed by atoms with Crippen molar-refractivity contribution in [3.05, 3.63) is 65.7 Å². The Bertz CT molecular complexity index is 799. The van der Waals surface area contributed by atoms with E-state index >= 15 is 0 Å². The molecular weight excluding hydrogens is 300 g/mol. The lowest BCUT2D eigenvalue weighted by atomic mass is 10.1. The average Bonchev–Trinajstić information content (AvgIpc) is 3.21. The Kier molecular flexibility index (Phi) is 3.96. The largest absolute Gasteiger partial charge is 0.367 e. The van der Waals surface area contributed by atoms with E-state index in [1.54, 1.807) is 6.20 Å². The van der Waals surface area contributed by atoms with Gasteiger partial charge in [-0.1, -0.05) is 24.3 Å². The summed E-state index contributed by atoms with van der Waals surface area (Å²) >= 11 is 0. The topological polar surface area (TPSA) is 58.9 Å². The molecule has 122 valence electrons. The first kappa shape index (κ1) is 14.8. The number of rotatable bonds is 5. The van der Waals surface area contributed by atoms with Crippen molar-refractivity contribution in [2.24, 2.45) is 0 Å². The number of anilines is 1. The van der Waals surface area contributed by atoms with E-state index in [-0.39, 0.29) is 0 Å². The molecule has 6 heteroatoms. The van der Waals surface area contributed by atoms with Crippen LogP contribution in [-0.2, 0) is 13.1 Å².